The van der Waals surface area contributed by atoms with Gasteiger partial charge in [0, 0.05) is 18.8 Å². The highest BCUT2D eigenvalue weighted by atomic mass is 19.1. The molecule has 0 saturated heterocycles. The van der Waals surface area contributed by atoms with Crippen molar-refractivity contribution in [3.05, 3.63) is 59.7 Å². The predicted octanol–water partition coefficient (Wildman–Crippen LogP) is 2.35. The highest BCUT2D eigenvalue weighted by Gasteiger charge is 2.12. The Kier molecular flexibility index (Phi) is 3.89. The van der Waals surface area contributed by atoms with Crippen LogP contribution < -0.4 is 4.90 Å². The first-order valence-electron chi connectivity index (χ1n) is 5.71. The molecule has 4 heteroatoms. The highest BCUT2D eigenvalue weighted by molar-refractivity contribution is 5.54. The van der Waals surface area contributed by atoms with E-state index in [1.807, 2.05) is 18.2 Å². The van der Waals surface area contributed by atoms with Crippen molar-refractivity contribution in [2.75, 3.05) is 11.9 Å². The molecule has 0 amide bonds. The van der Waals surface area contributed by atoms with Gasteiger partial charge in [-0.15, -0.1) is 0 Å². The Morgan fingerprint density at radius 1 is 1.22 bits per heavy atom. The Hall–Kier alpha value is -1.94. The van der Waals surface area contributed by atoms with Gasteiger partial charge in [-0.05, 0) is 18.2 Å². The van der Waals surface area contributed by atoms with Gasteiger partial charge >= 0.3 is 0 Å². The van der Waals surface area contributed by atoms with E-state index in [0.717, 1.165) is 5.69 Å². The number of aliphatic hydroxyl groups is 1. The lowest BCUT2D eigenvalue weighted by atomic mass is 10.1. The lowest BCUT2D eigenvalue weighted by Gasteiger charge is -2.22. The summed E-state index contributed by atoms with van der Waals surface area (Å²) in [6.45, 7) is 0.314. The Labute approximate surface area is 106 Å². The number of hydrogen-bond donors (Lipinski definition) is 1. The van der Waals surface area contributed by atoms with Crippen LogP contribution in [0.3, 0.4) is 0 Å². The van der Waals surface area contributed by atoms with Gasteiger partial charge in [-0.3, -0.25) is 4.98 Å². The van der Waals surface area contributed by atoms with E-state index < -0.39 is 0 Å². The molecule has 1 heterocycles. The second-order valence-corrected chi connectivity index (χ2v) is 4.08. The van der Waals surface area contributed by atoms with Crippen molar-refractivity contribution in [3.8, 4) is 0 Å². The zero-order valence-electron chi connectivity index (χ0n) is 10.2. The summed E-state index contributed by atoms with van der Waals surface area (Å²) < 4.78 is 13.8. The molecule has 0 unspecified atom stereocenters. The molecule has 0 bridgehead atoms. The van der Waals surface area contributed by atoms with Crippen molar-refractivity contribution in [2.45, 2.75) is 13.2 Å². The summed E-state index contributed by atoms with van der Waals surface area (Å²) in [7, 11) is 1.78. The van der Waals surface area contributed by atoms with Gasteiger partial charge in [0.2, 0.25) is 0 Å². The van der Waals surface area contributed by atoms with Crippen molar-refractivity contribution >= 4 is 5.69 Å². The van der Waals surface area contributed by atoms with Crippen LogP contribution in [0.1, 0.15) is 11.3 Å². The molecule has 0 aliphatic heterocycles. The van der Waals surface area contributed by atoms with Gasteiger partial charge in [0.15, 0.2) is 0 Å². The molecule has 0 aliphatic rings. The van der Waals surface area contributed by atoms with E-state index in [-0.39, 0.29) is 12.4 Å². The van der Waals surface area contributed by atoms with E-state index in [9.17, 15) is 9.50 Å². The fourth-order valence-corrected chi connectivity index (χ4v) is 1.93. The number of anilines is 1. The van der Waals surface area contributed by atoms with Gasteiger partial charge in [0.1, 0.15) is 5.82 Å². The van der Waals surface area contributed by atoms with E-state index in [1.54, 1.807) is 30.3 Å². The number of pyridine rings is 1. The largest absolute Gasteiger partial charge is 0.392 e. The van der Waals surface area contributed by atoms with Crippen molar-refractivity contribution < 1.29 is 9.50 Å². The monoisotopic (exact) mass is 246 g/mol. The Bertz CT molecular complexity index is 516. The molecule has 2 rings (SSSR count). The second-order valence-electron chi connectivity index (χ2n) is 4.08. The third-order valence-corrected chi connectivity index (χ3v) is 2.75. The molecule has 94 valence electrons. The molecule has 1 N–H and O–H groups in total. The molecule has 1 aromatic heterocycles. The Morgan fingerprint density at radius 2 is 2.06 bits per heavy atom. The quantitative estimate of drug-likeness (QED) is 0.899. The first-order valence-corrected chi connectivity index (χ1v) is 5.71. The molecule has 2 aromatic rings. The minimum atomic E-state index is -0.333. The number of aliphatic hydroxyl groups excluding tert-OH is 1. The summed E-state index contributed by atoms with van der Waals surface area (Å²) in [5.41, 5.74) is 1.85. The van der Waals surface area contributed by atoms with Gasteiger partial charge < -0.3 is 10.0 Å². The Morgan fingerprint density at radius 3 is 2.72 bits per heavy atom. The summed E-state index contributed by atoms with van der Waals surface area (Å²) in [5, 5.41) is 9.25. The first kappa shape index (κ1) is 12.5. The molecule has 1 aromatic carbocycles. The highest BCUT2D eigenvalue weighted by Crippen LogP contribution is 2.24. The van der Waals surface area contributed by atoms with Crippen molar-refractivity contribution in [1.29, 1.82) is 0 Å². The van der Waals surface area contributed by atoms with E-state index in [4.69, 9.17) is 0 Å². The minimum Gasteiger partial charge on any atom is -0.392 e. The smallest absolute Gasteiger partial charge is 0.146 e. The lowest BCUT2D eigenvalue weighted by Crippen LogP contribution is -2.20. The number of benzene rings is 1. The first-order chi connectivity index (χ1) is 8.72. The molecule has 18 heavy (non-hydrogen) atoms. The number of rotatable bonds is 4. The third kappa shape index (κ3) is 2.65. The maximum absolute atomic E-state index is 13.8. The average Bonchev–Trinajstić information content (AvgIpc) is 2.39. The maximum atomic E-state index is 13.8. The van der Waals surface area contributed by atoms with Gasteiger partial charge in [0.25, 0.3) is 0 Å². The van der Waals surface area contributed by atoms with Gasteiger partial charge in [-0.1, -0.05) is 18.2 Å². The fraction of sp³-hybridized carbons (Fsp3) is 0.214. The predicted molar refractivity (Wildman–Crippen MR) is 68.7 cm³/mol. The van der Waals surface area contributed by atoms with Crippen LogP contribution >= 0.6 is 0 Å². The number of para-hydroxylation sites is 1. The zero-order valence-corrected chi connectivity index (χ0v) is 10.2. The van der Waals surface area contributed by atoms with Crippen LogP contribution in [-0.2, 0) is 13.2 Å². The minimum absolute atomic E-state index is 0.181. The number of halogens is 1. The van der Waals surface area contributed by atoms with Crippen LogP contribution in [0.2, 0.25) is 0 Å². The van der Waals surface area contributed by atoms with Crippen LogP contribution in [0.15, 0.2) is 42.6 Å². The maximum Gasteiger partial charge on any atom is 0.146 e. The number of aromatic nitrogens is 1. The van der Waals surface area contributed by atoms with Crippen LogP contribution in [0.4, 0.5) is 10.1 Å². The molecule has 3 nitrogen and oxygen atoms in total. The molecule has 0 saturated carbocycles. The van der Waals surface area contributed by atoms with Crippen molar-refractivity contribution in [1.82, 2.24) is 4.98 Å². The topological polar surface area (TPSA) is 36.4 Å². The molecule has 0 atom stereocenters. The van der Waals surface area contributed by atoms with Crippen molar-refractivity contribution in [2.24, 2.45) is 0 Å². The van der Waals surface area contributed by atoms with Crippen LogP contribution in [0, 0.1) is 5.82 Å². The standard InChI is InChI=1S/C14H15FN2O/c1-17(9-12-6-2-3-8-16-12)14-11(10-18)5-4-7-13(14)15/h2-8,18H,9-10H2,1H3. The Balaban J connectivity index is 2.26. The molecular weight excluding hydrogens is 231 g/mol. The van der Waals surface area contributed by atoms with Crippen LogP contribution in [-0.4, -0.2) is 17.1 Å². The molecular formula is C14H15FN2O. The molecule has 0 spiro atoms. The van der Waals surface area contributed by atoms with Gasteiger partial charge in [-0.25, -0.2) is 4.39 Å². The fourth-order valence-electron chi connectivity index (χ4n) is 1.93. The summed E-state index contributed by atoms with van der Waals surface area (Å²) in [6.07, 6.45) is 1.71. The SMILES string of the molecule is CN(Cc1ccccn1)c1c(F)cccc1CO. The number of hydrogen-bond acceptors (Lipinski definition) is 3. The molecule has 0 radical (unpaired) electrons. The second kappa shape index (κ2) is 5.60. The normalized spacial score (nSPS) is 10.4. The van der Waals surface area contributed by atoms with Crippen LogP contribution in [0.5, 0.6) is 0 Å². The third-order valence-electron chi connectivity index (χ3n) is 2.75. The molecule has 0 fully saturated rings. The summed E-state index contributed by atoms with van der Waals surface area (Å²) >= 11 is 0. The molecule has 0 aliphatic carbocycles. The lowest BCUT2D eigenvalue weighted by molar-refractivity contribution is 0.281. The zero-order chi connectivity index (χ0) is 13.0. The van der Waals surface area contributed by atoms with E-state index in [0.29, 0.717) is 17.8 Å². The van der Waals surface area contributed by atoms with Gasteiger partial charge in [-0.2, -0.15) is 0 Å². The van der Waals surface area contributed by atoms with E-state index >= 15 is 0 Å². The summed E-state index contributed by atoms with van der Waals surface area (Å²) in [5.74, 6) is -0.333. The van der Waals surface area contributed by atoms with Crippen molar-refractivity contribution in [3.63, 3.8) is 0 Å². The van der Waals surface area contributed by atoms with E-state index in [2.05, 4.69) is 4.98 Å². The number of nitrogens with zero attached hydrogens (tertiary/aromatic N) is 2. The summed E-state index contributed by atoms with van der Waals surface area (Å²) in [6, 6.07) is 10.3. The van der Waals surface area contributed by atoms with E-state index in [1.165, 1.54) is 6.07 Å². The van der Waals surface area contributed by atoms with Gasteiger partial charge in [0.05, 0.1) is 24.5 Å². The average molecular weight is 246 g/mol. The van der Waals surface area contributed by atoms with Crippen LogP contribution in [0.25, 0.3) is 0 Å². The summed E-state index contributed by atoms with van der Waals surface area (Å²) in [4.78, 5) is 5.96.